The van der Waals surface area contributed by atoms with E-state index in [0.29, 0.717) is 25.3 Å². The summed E-state index contributed by atoms with van der Waals surface area (Å²) in [5.41, 5.74) is 2.89. The number of benzene rings is 3. The quantitative estimate of drug-likeness (QED) is 0.343. The van der Waals surface area contributed by atoms with E-state index >= 15 is 0 Å². The van der Waals surface area contributed by atoms with Crippen molar-refractivity contribution in [2.45, 2.75) is 31.7 Å². The average molecular weight is 544 g/mol. The van der Waals surface area contributed by atoms with Crippen LogP contribution in [0.4, 0.5) is 4.39 Å². The van der Waals surface area contributed by atoms with Crippen LogP contribution in [0.1, 0.15) is 23.6 Å². The summed E-state index contributed by atoms with van der Waals surface area (Å²) >= 11 is 4.90. The Kier molecular flexibility index (Phi) is 10.2. The maximum absolute atomic E-state index is 13.5. The van der Waals surface area contributed by atoms with Crippen LogP contribution in [0.25, 0.3) is 0 Å². The zero-order chi connectivity index (χ0) is 24.3. The minimum atomic E-state index is -0.634. The molecule has 0 saturated carbocycles. The van der Waals surface area contributed by atoms with Crippen molar-refractivity contribution in [3.05, 3.63) is 106 Å². The van der Waals surface area contributed by atoms with Crippen molar-refractivity contribution in [3.8, 4) is 0 Å². The Morgan fingerprint density at radius 1 is 0.941 bits per heavy atom. The maximum Gasteiger partial charge on any atom is 0.243 e. The Labute approximate surface area is 213 Å². The molecule has 0 heterocycles. The van der Waals surface area contributed by atoms with E-state index in [0.717, 1.165) is 21.2 Å². The van der Waals surface area contributed by atoms with Crippen LogP contribution in [0.3, 0.4) is 0 Å². The maximum atomic E-state index is 13.5. The number of nitrogens with zero attached hydrogens (tertiary/aromatic N) is 1. The summed E-state index contributed by atoms with van der Waals surface area (Å²) in [4.78, 5) is 28.2. The van der Waals surface area contributed by atoms with Gasteiger partial charge in [-0.05, 0) is 47.9 Å². The fraction of sp³-hybridized carbons (Fsp3) is 0.259. The fourth-order valence-corrected chi connectivity index (χ4v) is 4.69. The van der Waals surface area contributed by atoms with Crippen LogP contribution < -0.4 is 5.32 Å². The highest BCUT2D eigenvalue weighted by atomic mass is 79.9. The molecule has 1 atom stereocenters. The molecule has 1 N–H and O–H groups in total. The van der Waals surface area contributed by atoms with E-state index in [9.17, 15) is 14.0 Å². The Morgan fingerprint density at radius 2 is 1.59 bits per heavy atom. The molecule has 0 bridgehead atoms. The third-order valence-corrected chi connectivity index (χ3v) is 6.81. The number of hydrogen-bond acceptors (Lipinski definition) is 3. The van der Waals surface area contributed by atoms with Gasteiger partial charge in [0.2, 0.25) is 11.8 Å². The molecule has 0 radical (unpaired) electrons. The van der Waals surface area contributed by atoms with Gasteiger partial charge in [0.15, 0.2) is 0 Å². The highest BCUT2D eigenvalue weighted by Gasteiger charge is 2.30. The molecular formula is C27H28BrFN2O2S. The van der Waals surface area contributed by atoms with E-state index in [-0.39, 0.29) is 23.4 Å². The molecule has 3 rings (SSSR count). The number of thioether (sulfide) groups is 1. The summed E-state index contributed by atoms with van der Waals surface area (Å²) in [6.07, 6.45) is 0.428. The van der Waals surface area contributed by atoms with Gasteiger partial charge in [0, 0.05) is 29.7 Å². The Bertz CT molecular complexity index is 1060. The van der Waals surface area contributed by atoms with E-state index < -0.39 is 6.04 Å². The Morgan fingerprint density at radius 3 is 2.24 bits per heavy atom. The molecular weight excluding hydrogens is 515 g/mol. The van der Waals surface area contributed by atoms with Gasteiger partial charge in [0.25, 0.3) is 0 Å². The monoisotopic (exact) mass is 542 g/mol. The summed E-state index contributed by atoms with van der Waals surface area (Å²) in [6.45, 7) is 2.69. The third-order valence-electron chi connectivity index (χ3n) is 5.30. The van der Waals surface area contributed by atoms with Gasteiger partial charge in [-0.3, -0.25) is 9.59 Å². The van der Waals surface area contributed by atoms with Gasteiger partial charge in [-0.15, -0.1) is 11.8 Å². The topological polar surface area (TPSA) is 49.4 Å². The number of hydrogen-bond donors (Lipinski definition) is 1. The smallest absolute Gasteiger partial charge is 0.243 e. The summed E-state index contributed by atoms with van der Waals surface area (Å²) in [6, 6.07) is 23.2. The summed E-state index contributed by atoms with van der Waals surface area (Å²) in [5, 5.41) is 2.90. The number of halogens is 2. The molecule has 4 nitrogen and oxygen atoms in total. The van der Waals surface area contributed by atoms with E-state index in [4.69, 9.17) is 0 Å². The Balaban J connectivity index is 1.81. The van der Waals surface area contributed by atoms with E-state index in [2.05, 4.69) is 21.2 Å². The van der Waals surface area contributed by atoms with Crippen molar-refractivity contribution < 1.29 is 14.0 Å². The molecule has 0 aliphatic rings. The van der Waals surface area contributed by atoms with Crippen molar-refractivity contribution in [2.24, 2.45) is 0 Å². The summed E-state index contributed by atoms with van der Waals surface area (Å²) in [5.74, 6) is 0.250. The second-order valence-electron chi connectivity index (χ2n) is 7.87. The van der Waals surface area contributed by atoms with Crippen LogP contribution in [0, 0.1) is 5.82 Å². The van der Waals surface area contributed by atoms with Gasteiger partial charge in [-0.2, -0.15) is 0 Å². The molecule has 0 spiro atoms. The first-order valence-electron chi connectivity index (χ1n) is 11.1. The van der Waals surface area contributed by atoms with E-state index in [1.165, 1.54) is 23.9 Å². The lowest BCUT2D eigenvalue weighted by atomic mass is 10.0. The van der Waals surface area contributed by atoms with Gasteiger partial charge < -0.3 is 10.2 Å². The van der Waals surface area contributed by atoms with Crippen molar-refractivity contribution in [3.63, 3.8) is 0 Å². The molecule has 7 heteroatoms. The van der Waals surface area contributed by atoms with Crippen molar-refractivity contribution in [1.82, 2.24) is 10.2 Å². The third kappa shape index (κ3) is 7.99. The molecule has 0 fully saturated rings. The average Bonchev–Trinajstić information content (AvgIpc) is 2.84. The van der Waals surface area contributed by atoms with Crippen molar-refractivity contribution >= 4 is 39.5 Å². The van der Waals surface area contributed by atoms with E-state index in [1.54, 1.807) is 17.0 Å². The summed E-state index contributed by atoms with van der Waals surface area (Å²) in [7, 11) is 0. The first-order valence-corrected chi connectivity index (χ1v) is 13.1. The number of nitrogens with one attached hydrogen (secondary N) is 1. The highest BCUT2D eigenvalue weighted by Crippen LogP contribution is 2.20. The predicted molar refractivity (Wildman–Crippen MR) is 140 cm³/mol. The number of carbonyl (C=O) groups excluding carboxylic acids is 2. The number of rotatable bonds is 11. The second-order valence-corrected chi connectivity index (χ2v) is 9.77. The number of amides is 2. The molecule has 3 aromatic rings. The lowest BCUT2D eigenvalue weighted by Gasteiger charge is -2.31. The van der Waals surface area contributed by atoms with Crippen LogP contribution in [0.2, 0.25) is 0 Å². The molecule has 178 valence electrons. The lowest BCUT2D eigenvalue weighted by Crippen LogP contribution is -2.51. The molecule has 0 aliphatic carbocycles. The second kappa shape index (κ2) is 13.3. The normalized spacial score (nSPS) is 11.6. The van der Waals surface area contributed by atoms with Crippen LogP contribution in [-0.2, 0) is 28.3 Å². The zero-order valence-corrected chi connectivity index (χ0v) is 21.4. The van der Waals surface area contributed by atoms with Crippen molar-refractivity contribution in [2.75, 3.05) is 12.3 Å². The fourth-order valence-electron chi connectivity index (χ4n) is 3.55. The zero-order valence-electron chi connectivity index (χ0n) is 19.0. The summed E-state index contributed by atoms with van der Waals surface area (Å²) < 4.78 is 14.1. The predicted octanol–water partition coefficient (Wildman–Crippen LogP) is 5.60. The number of carbonyl (C=O) groups is 2. The molecule has 0 aromatic heterocycles. The lowest BCUT2D eigenvalue weighted by molar-refractivity contribution is -0.139. The molecule has 2 amide bonds. The van der Waals surface area contributed by atoms with Crippen molar-refractivity contribution in [1.29, 1.82) is 0 Å². The molecule has 3 aromatic carbocycles. The van der Waals surface area contributed by atoms with Gasteiger partial charge in [0.1, 0.15) is 11.9 Å². The molecule has 0 aliphatic heterocycles. The van der Waals surface area contributed by atoms with Gasteiger partial charge in [0.05, 0.1) is 5.75 Å². The first-order chi connectivity index (χ1) is 16.5. The largest absolute Gasteiger partial charge is 0.355 e. The van der Waals surface area contributed by atoms with Crippen LogP contribution >= 0.6 is 27.7 Å². The van der Waals surface area contributed by atoms with E-state index in [1.807, 2.05) is 61.5 Å². The molecule has 0 unspecified atom stereocenters. The SMILES string of the molecule is CCNC(=O)[C@H](Cc1ccccc1)N(Cc1ccc(Br)cc1)C(=O)CSCc1ccc(F)cc1. The standard InChI is InChI=1S/C27H28BrFN2O2S/c1-2-30-27(33)25(16-20-6-4-3-5-7-20)31(17-21-8-12-23(28)13-9-21)26(32)19-34-18-22-10-14-24(29)15-11-22/h3-15,25H,2,16-19H2,1H3,(H,30,33)/t25-/m0/s1. The minimum Gasteiger partial charge on any atom is -0.355 e. The molecule has 34 heavy (non-hydrogen) atoms. The minimum absolute atomic E-state index is 0.109. The van der Waals surface area contributed by atoms with Gasteiger partial charge in [-0.25, -0.2) is 4.39 Å². The number of likely N-dealkylation sites (N-methyl/N-ethyl adjacent to an activating group) is 1. The van der Waals surface area contributed by atoms with Crippen LogP contribution in [0.5, 0.6) is 0 Å². The van der Waals surface area contributed by atoms with Gasteiger partial charge in [-0.1, -0.05) is 70.5 Å². The van der Waals surface area contributed by atoms with Crippen LogP contribution in [0.15, 0.2) is 83.3 Å². The first kappa shape index (κ1) is 26.0. The highest BCUT2D eigenvalue weighted by molar-refractivity contribution is 9.10. The molecule has 0 saturated heterocycles. The van der Waals surface area contributed by atoms with Gasteiger partial charge >= 0.3 is 0 Å². The van der Waals surface area contributed by atoms with Crippen LogP contribution in [-0.4, -0.2) is 35.1 Å². The Hall–Kier alpha value is -2.64.